The number of halogens is 6. The van der Waals surface area contributed by atoms with Gasteiger partial charge in [-0.15, -0.1) is 0 Å². The van der Waals surface area contributed by atoms with Crippen molar-refractivity contribution in [3.05, 3.63) is 97.1 Å². The van der Waals surface area contributed by atoms with Gasteiger partial charge in [-0.3, -0.25) is 19.6 Å². The summed E-state index contributed by atoms with van der Waals surface area (Å²) < 4.78 is 96.0. The number of hydrogen-bond acceptors (Lipinski definition) is 11. The highest BCUT2D eigenvalue weighted by Gasteiger charge is 2.36. The van der Waals surface area contributed by atoms with Gasteiger partial charge in [0.1, 0.15) is 48.5 Å². The summed E-state index contributed by atoms with van der Waals surface area (Å²) in [6.07, 6.45) is -1.91. The molecule has 0 amide bonds. The maximum Gasteiger partial charge on any atom is 0.434 e. The number of rotatable bonds is 17. The van der Waals surface area contributed by atoms with Gasteiger partial charge in [0.2, 0.25) is 0 Å². The molecule has 352 valence electrons. The molecular formula is C44H48F6N8O7Si. The number of aliphatic carboxylic acids is 2. The predicted octanol–water partition coefficient (Wildman–Crippen LogP) is 9.87. The third kappa shape index (κ3) is 13.9. The molecule has 4 aromatic heterocycles. The second kappa shape index (κ2) is 20.2. The third-order valence-electron chi connectivity index (χ3n) is 9.61. The summed E-state index contributed by atoms with van der Waals surface area (Å²) in [5.41, 5.74) is -1.24. The van der Waals surface area contributed by atoms with Crippen LogP contribution in [-0.2, 0) is 33.4 Å². The molecule has 0 radical (unpaired) electrons. The number of nitrogens with zero attached hydrogens (tertiary/aromatic N) is 7. The third-order valence-corrected chi connectivity index (χ3v) is 11.3. The van der Waals surface area contributed by atoms with Crippen LogP contribution in [-0.4, -0.2) is 89.5 Å². The predicted molar refractivity (Wildman–Crippen MR) is 232 cm³/mol. The van der Waals surface area contributed by atoms with Crippen molar-refractivity contribution < 1.29 is 60.4 Å². The van der Waals surface area contributed by atoms with Gasteiger partial charge in [0.05, 0.1) is 53.2 Å². The number of carboxylic acid groups (broad SMARTS) is 2. The second-order valence-corrected chi connectivity index (χ2v) is 23.1. The zero-order valence-electron chi connectivity index (χ0n) is 37.0. The number of hydrogen-bond donors (Lipinski definition) is 3. The highest BCUT2D eigenvalue weighted by atomic mass is 28.3. The van der Waals surface area contributed by atoms with E-state index in [1.807, 2.05) is 0 Å². The average Bonchev–Trinajstić information content (AvgIpc) is 3.94. The molecule has 0 unspecified atom stereocenters. The van der Waals surface area contributed by atoms with Crippen LogP contribution in [0.2, 0.25) is 25.7 Å². The van der Waals surface area contributed by atoms with Crippen molar-refractivity contribution in [2.75, 3.05) is 19.8 Å². The summed E-state index contributed by atoms with van der Waals surface area (Å²) in [6, 6.07) is 14.5. The first-order valence-electron chi connectivity index (χ1n) is 20.1. The van der Waals surface area contributed by atoms with Gasteiger partial charge in [-0.25, -0.2) is 19.9 Å². The summed E-state index contributed by atoms with van der Waals surface area (Å²) in [5, 5.41) is 18.3. The van der Waals surface area contributed by atoms with Crippen molar-refractivity contribution in [3.8, 4) is 57.1 Å². The number of nitrogens with one attached hydrogen (secondary N) is 1. The molecule has 22 heteroatoms. The molecule has 0 saturated heterocycles. The molecule has 2 aromatic carbocycles. The van der Waals surface area contributed by atoms with Crippen molar-refractivity contribution >= 4 is 20.0 Å². The monoisotopic (exact) mass is 942 g/mol. The Morgan fingerprint density at radius 3 is 1.50 bits per heavy atom. The van der Waals surface area contributed by atoms with E-state index in [0.29, 0.717) is 46.8 Å². The number of carboxylic acids is 2. The Bertz CT molecular complexity index is 2560. The Balaban J connectivity index is 0.000000255. The van der Waals surface area contributed by atoms with Crippen LogP contribution >= 0.6 is 0 Å². The van der Waals surface area contributed by atoms with Crippen molar-refractivity contribution in [2.45, 2.75) is 72.5 Å². The maximum absolute atomic E-state index is 13.3. The lowest BCUT2D eigenvalue weighted by molar-refractivity contribution is -0.149. The molecule has 15 nitrogen and oxygen atoms in total. The lowest BCUT2D eigenvalue weighted by Crippen LogP contribution is -2.30. The molecule has 0 atom stereocenters. The van der Waals surface area contributed by atoms with Crippen LogP contribution in [0.3, 0.4) is 0 Å². The van der Waals surface area contributed by atoms with Crippen molar-refractivity contribution in [3.63, 3.8) is 0 Å². The van der Waals surface area contributed by atoms with E-state index in [1.165, 1.54) is 29.4 Å². The number of aromatic amines is 1. The van der Waals surface area contributed by atoms with Gasteiger partial charge in [-0.2, -0.15) is 26.3 Å². The van der Waals surface area contributed by atoms with Crippen LogP contribution in [0.5, 0.6) is 11.5 Å². The van der Waals surface area contributed by atoms with Crippen LogP contribution in [0.4, 0.5) is 26.3 Å². The number of imidazole rings is 2. The standard InChI is InChI=1S/C25H31F3N4O4Si.C19H17F3N4O3/c1-24(2,23(33)34)15-36-18-8-6-17(7-9-18)19-12-30-20(13-29-19)22-31-21(25(26,27)28)14-32(22)16-35-10-11-37(3,4)5;1-18(2,17(27)28)10-29-12-5-3-11(4-6-12)13-7-24-14(8-23-13)16-25-9-15(26-16)19(20,21)22/h6-9,12-14H,10-11,15-16H2,1-5H3,(H,33,34);3-9H,10H2,1-2H3,(H,25,26)(H,27,28). The van der Waals surface area contributed by atoms with E-state index < -0.39 is 54.6 Å². The van der Waals surface area contributed by atoms with Crippen LogP contribution < -0.4 is 9.47 Å². The maximum atomic E-state index is 13.3. The second-order valence-electron chi connectivity index (χ2n) is 17.5. The smallest absolute Gasteiger partial charge is 0.434 e. The number of aromatic nitrogens is 8. The molecule has 0 aliphatic carbocycles. The van der Waals surface area contributed by atoms with E-state index in [0.717, 1.165) is 12.2 Å². The summed E-state index contributed by atoms with van der Waals surface area (Å²) >= 11 is 0. The fourth-order valence-electron chi connectivity index (χ4n) is 5.28. The van der Waals surface area contributed by atoms with Gasteiger partial charge in [-0.1, -0.05) is 19.6 Å². The lowest BCUT2D eigenvalue weighted by atomic mass is 9.95. The molecule has 3 N–H and O–H groups in total. The number of ether oxygens (including phenoxy) is 3. The molecular weight excluding hydrogens is 895 g/mol. The molecule has 0 fully saturated rings. The molecule has 0 bridgehead atoms. The fourth-order valence-corrected chi connectivity index (χ4v) is 6.04. The Morgan fingerprint density at radius 1 is 0.652 bits per heavy atom. The first-order chi connectivity index (χ1) is 30.7. The van der Waals surface area contributed by atoms with E-state index in [1.54, 1.807) is 76.2 Å². The fraction of sp³-hybridized carbons (Fsp3) is 0.364. The van der Waals surface area contributed by atoms with Gasteiger partial charge in [-0.05, 0) is 82.3 Å². The molecule has 4 heterocycles. The normalized spacial score (nSPS) is 12.3. The van der Waals surface area contributed by atoms with Crippen LogP contribution in [0.1, 0.15) is 39.1 Å². The minimum Gasteiger partial charge on any atom is -0.492 e. The zero-order chi connectivity index (χ0) is 48.7. The van der Waals surface area contributed by atoms with Gasteiger partial charge in [0.25, 0.3) is 0 Å². The molecule has 0 aliphatic rings. The van der Waals surface area contributed by atoms with E-state index in [9.17, 15) is 41.0 Å². The van der Waals surface area contributed by atoms with Gasteiger partial charge >= 0.3 is 24.3 Å². The Labute approximate surface area is 376 Å². The topological polar surface area (TPSA) is 200 Å². The molecule has 6 rings (SSSR count). The molecule has 0 spiro atoms. The molecule has 0 saturated carbocycles. The number of H-pyrrole nitrogens is 1. The summed E-state index contributed by atoms with van der Waals surface area (Å²) in [7, 11) is -1.34. The quantitative estimate of drug-likeness (QED) is 0.0444. The zero-order valence-corrected chi connectivity index (χ0v) is 38.0. The summed E-state index contributed by atoms with van der Waals surface area (Å²) in [6.45, 7) is 13.3. The lowest BCUT2D eigenvalue weighted by Gasteiger charge is -2.19. The van der Waals surface area contributed by atoms with Crippen LogP contribution in [0.15, 0.2) is 85.7 Å². The first kappa shape index (κ1) is 50.3. The van der Waals surface area contributed by atoms with E-state index in [4.69, 9.17) is 19.3 Å². The minimum absolute atomic E-state index is 0.00456. The average molecular weight is 943 g/mol. The largest absolute Gasteiger partial charge is 0.492 e. The summed E-state index contributed by atoms with van der Waals surface area (Å²) in [4.78, 5) is 48.9. The Morgan fingerprint density at radius 2 is 1.11 bits per heavy atom. The highest BCUT2D eigenvalue weighted by molar-refractivity contribution is 6.76. The highest BCUT2D eigenvalue weighted by Crippen LogP contribution is 2.32. The van der Waals surface area contributed by atoms with Gasteiger partial charge < -0.3 is 34.0 Å². The number of benzene rings is 2. The van der Waals surface area contributed by atoms with E-state index in [2.05, 4.69) is 54.5 Å². The van der Waals surface area contributed by atoms with Crippen LogP contribution in [0.25, 0.3) is 45.6 Å². The Hall–Kier alpha value is -6.68. The van der Waals surface area contributed by atoms with Gasteiger partial charge in [0, 0.05) is 32.0 Å². The van der Waals surface area contributed by atoms with E-state index in [-0.39, 0.29) is 43.0 Å². The SMILES string of the molecule is CC(C)(COc1ccc(-c2cnc(-c3nc(C(F)(F)F)cn3COCC[Si](C)(C)C)cn2)cc1)C(=O)O.CC(C)(COc1ccc(-c2cnc(-c3ncc(C(F)(F)F)[nH]3)cn2)cc1)C(=O)O. The number of carbonyl (C=O) groups is 2. The molecule has 66 heavy (non-hydrogen) atoms. The molecule has 0 aliphatic heterocycles. The van der Waals surface area contributed by atoms with Crippen molar-refractivity contribution in [2.24, 2.45) is 10.8 Å². The first-order valence-corrected chi connectivity index (χ1v) is 23.8. The minimum atomic E-state index is -4.60. The van der Waals surface area contributed by atoms with E-state index >= 15 is 0 Å². The van der Waals surface area contributed by atoms with Crippen LogP contribution in [0, 0.1) is 10.8 Å². The number of alkyl halides is 6. The van der Waals surface area contributed by atoms with Crippen molar-refractivity contribution in [1.82, 2.24) is 39.5 Å². The molecule has 6 aromatic rings. The van der Waals surface area contributed by atoms with Gasteiger partial charge in [0.15, 0.2) is 17.3 Å². The van der Waals surface area contributed by atoms with Crippen molar-refractivity contribution in [1.29, 1.82) is 0 Å². The Kier molecular flexibility index (Phi) is 15.4. The summed E-state index contributed by atoms with van der Waals surface area (Å²) in [5.74, 6) is -0.921.